The first-order valence-electron chi connectivity index (χ1n) is 4.80. The Kier molecular flexibility index (Phi) is 4.31. The predicted molar refractivity (Wildman–Crippen MR) is 57.2 cm³/mol. The van der Waals surface area contributed by atoms with Crippen molar-refractivity contribution in [2.24, 2.45) is 0 Å². The van der Waals surface area contributed by atoms with Gasteiger partial charge in [-0.3, -0.25) is 0 Å². The van der Waals surface area contributed by atoms with Crippen LogP contribution in [0.1, 0.15) is 18.9 Å². The van der Waals surface area contributed by atoms with E-state index in [0.29, 0.717) is 18.6 Å². The maximum absolute atomic E-state index is 13.3. The monoisotopic (exact) mass is 210 g/mol. The van der Waals surface area contributed by atoms with Crippen LogP contribution in [0.25, 0.3) is 0 Å². The maximum Gasteiger partial charge on any atom is 0.165 e. The van der Waals surface area contributed by atoms with Gasteiger partial charge in [0.15, 0.2) is 11.6 Å². The Labute approximate surface area is 89.0 Å². The van der Waals surface area contributed by atoms with Gasteiger partial charge in [-0.2, -0.15) is 0 Å². The first-order valence-corrected chi connectivity index (χ1v) is 4.80. The van der Waals surface area contributed by atoms with Crippen molar-refractivity contribution in [1.29, 1.82) is 0 Å². The molecule has 1 aromatic carbocycles. The fraction of sp³-hybridized carbons (Fsp3) is 0.333. The van der Waals surface area contributed by atoms with Crippen molar-refractivity contribution in [3.8, 4) is 5.75 Å². The highest BCUT2D eigenvalue weighted by Gasteiger charge is 2.03. The second-order valence-corrected chi connectivity index (χ2v) is 3.48. The van der Waals surface area contributed by atoms with Crippen molar-refractivity contribution in [3.63, 3.8) is 0 Å². The lowest BCUT2D eigenvalue weighted by Gasteiger charge is -2.07. The Morgan fingerprint density at radius 2 is 2.27 bits per heavy atom. The lowest BCUT2D eigenvalue weighted by atomic mass is 10.2. The third-order valence-electron chi connectivity index (χ3n) is 1.97. The van der Waals surface area contributed by atoms with Gasteiger partial charge >= 0.3 is 0 Å². The molecular weight excluding hydrogens is 195 g/mol. The summed E-state index contributed by atoms with van der Waals surface area (Å²) in [6, 6.07) is 4.44. The molecular formula is C12H15FO2. The highest BCUT2D eigenvalue weighted by Crippen LogP contribution is 2.18. The van der Waals surface area contributed by atoms with Gasteiger partial charge in [0.25, 0.3) is 0 Å². The molecule has 0 aliphatic carbocycles. The quantitative estimate of drug-likeness (QED) is 0.757. The Hall–Kier alpha value is -1.35. The summed E-state index contributed by atoms with van der Waals surface area (Å²) in [6.07, 6.45) is 0.710. The largest absolute Gasteiger partial charge is 0.490 e. The second kappa shape index (κ2) is 5.51. The summed E-state index contributed by atoms with van der Waals surface area (Å²) in [5.74, 6) is -0.225. The van der Waals surface area contributed by atoms with Crippen LogP contribution in [0.15, 0.2) is 30.4 Å². The summed E-state index contributed by atoms with van der Waals surface area (Å²) < 4.78 is 18.5. The fourth-order valence-electron chi connectivity index (χ4n) is 1.09. The number of halogens is 1. The molecule has 0 saturated heterocycles. The van der Waals surface area contributed by atoms with E-state index in [9.17, 15) is 4.39 Å². The molecule has 15 heavy (non-hydrogen) atoms. The van der Waals surface area contributed by atoms with Crippen LogP contribution in [0, 0.1) is 5.82 Å². The van der Waals surface area contributed by atoms with E-state index in [4.69, 9.17) is 9.84 Å². The summed E-state index contributed by atoms with van der Waals surface area (Å²) in [6.45, 7) is 5.88. The minimum atomic E-state index is -0.441. The molecule has 0 fully saturated rings. The van der Waals surface area contributed by atoms with E-state index in [0.717, 1.165) is 5.57 Å². The minimum absolute atomic E-state index is 0.164. The molecule has 0 bridgehead atoms. The van der Waals surface area contributed by atoms with Gasteiger partial charge in [-0.25, -0.2) is 4.39 Å². The van der Waals surface area contributed by atoms with Crippen LogP contribution in [-0.2, 0) is 6.61 Å². The van der Waals surface area contributed by atoms with Gasteiger partial charge in [-0.1, -0.05) is 11.6 Å². The second-order valence-electron chi connectivity index (χ2n) is 3.48. The van der Waals surface area contributed by atoms with Crippen LogP contribution >= 0.6 is 0 Å². The molecule has 0 aliphatic heterocycles. The molecule has 0 aliphatic rings. The molecule has 82 valence electrons. The van der Waals surface area contributed by atoms with E-state index in [1.807, 2.05) is 6.92 Å². The smallest absolute Gasteiger partial charge is 0.165 e. The fourth-order valence-corrected chi connectivity index (χ4v) is 1.09. The Morgan fingerprint density at radius 3 is 2.80 bits per heavy atom. The Balaban J connectivity index is 2.58. The van der Waals surface area contributed by atoms with Gasteiger partial charge in [0.05, 0.1) is 13.2 Å². The van der Waals surface area contributed by atoms with Crippen molar-refractivity contribution in [2.45, 2.75) is 20.0 Å². The summed E-state index contributed by atoms with van der Waals surface area (Å²) in [5.41, 5.74) is 1.54. The molecule has 3 heteroatoms. The number of ether oxygens (including phenoxy) is 1. The summed E-state index contributed by atoms with van der Waals surface area (Å²) in [4.78, 5) is 0. The lowest BCUT2D eigenvalue weighted by Crippen LogP contribution is -2.00. The third kappa shape index (κ3) is 3.72. The van der Waals surface area contributed by atoms with Crippen LogP contribution in [0.5, 0.6) is 5.75 Å². The Morgan fingerprint density at radius 1 is 1.53 bits per heavy atom. The zero-order chi connectivity index (χ0) is 11.3. The van der Waals surface area contributed by atoms with E-state index in [1.54, 1.807) is 6.07 Å². The topological polar surface area (TPSA) is 29.5 Å². The van der Waals surface area contributed by atoms with Crippen molar-refractivity contribution < 1.29 is 14.2 Å². The molecule has 0 amide bonds. The van der Waals surface area contributed by atoms with Gasteiger partial charge in [-0.05, 0) is 24.6 Å². The van der Waals surface area contributed by atoms with E-state index in [1.165, 1.54) is 12.1 Å². The number of aliphatic hydroxyl groups excluding tert-OH is 1. The van der Waals surface area contributed by atoms with E-state index < -0.39 is 5.82 Å². The number of aliphatic hydroxyl groups is 1. The maximum atomic E-state index is 13.3. The van der Waals surface area contributed by atoms with Gasteiger partial charge in [-0.15, -0.1) is 6.58 Å². The number of rotatable bonds is 5. The summed E-state index contributed by atoms with van der Waals surface area (Å²) in [5, 5.41) is 8.78. The van der Waals surface area contributed by atoms with Gasteiger partial charge in [0.2, 0.25) is 0 Å². The van der Waals surface area contributed by atoms with E-state index >= 15 is 0 Å². The summed E-state index contributed by atoms with van der Waals surface area (Å²) in [7, 11) is 0. The zero-order valence-electron chi connectivity index (χ0n) is 8.79. The molecule has 0 radical (unpaired) electrons. The molecule has 0 aromatic heterocycles. The van der Waals surface area contributed by atoms with Crippen molar-refractivity contribution in [1.82, 2.24) is 0 Å². The molecule has 0 spiro atoms. The molecule has 0 saturated carbocycles. The SMILES string of the molecule is C=C(C)CCOc1ccc(CO)cc1F. The minimum Gasteiger partial charge on any atom is -0.490 e. The summed E-state index contributed by atoms with van der Waals surface area (Å²) >= 11 is 0. The van der Waals surface area contributed by atoms with E-state index in [2.05, 4.69) is 6.58 Å². The molecule has 1 N–H and O–H groups in total. The molecule has 0 atom stereocenters. The van der Waals surface area contributed by atoms with Gasteiger partial charge < -0.3 is 9.84 Å². The highest BCUT2D eigenvalue weighted by molar-refractivity contribution is 5.28. The predicted octanol–water partition coefficient (Wildman–Crippen LogP) is 2.66. The van der Waals surface area contributed by atoms with Crippen molar-refractivity contribution >= 4 is 0 Å². The van der Waals surface area contributed by atoms with Crippen LogP contribution in [-0.4, -0.2) is 11.7 Å². The van der Waals surface area contributed by atoms with E-state index in [-0.39, 0.29) is 12.4 Å². The lowest BCUT2D eigenvalue weighted by molar-refractivity contribution is 0.279. The number of hydrogen-bond donors (Lipinski definition) is 1. The Bertz CT molecular complexity index is 347. The van der Waals surface area contributed by atoms with Gasteiger partial charge in [0.1, 0.15) is 0 Å². The van der Waals surface area contributed by atoms with Gasteiger partial charge in [0, 0.05) is 6.42 Å². The molecule has 1 rings (SSSR count). The van der Waals surface area contributed by atoms with Crippen LogP contribution in [0.4, 0.5) is 4.39 Å². The molecule has 0 heterocycles. The average molecular weight is 210 g/mol. The third-order valence-corrected chi connectivity index (χ3v) is 1.97. The average Bonchev–Trinajstić information content (AvgIpc) is 2.20. The molecule has 1 aromatic rings. The van der Waals surface area contributed by atoms with Crippen LogP contribution in [0.3, 0.4) is 0 Å². The normalized spacial score (nSPS) is 10.1. The first kappa shape index (κ1) is 11.7. The first-order chi connectivity index (χ1) is 7.13. The van der Waals surface area contributed by atoms with Crippen molar-refractivity contribution in [3.05, 3.63) is 41.7 Å². The number of hydrogen-bond acceptors (Lipinski definition) is 2. The van der Waals surface area contributed by atoms with Crippen molar-refractivity contribution in [2.75, 3.05) is 6.61 Å². The highest BCUT2D eigenvalue weighted by atomic mass is 19.1. The van der Waals surface area contributed by atoms with Crippen LogP contribution < -0.4 is 4.74 Å². The number of benzene rings is 1. The molecule has 0 unspecified atom stereocenters. The standard InChI is InChI=1S/C12H15FO2/c1-9(2)5-6-15-12-4-3-10(8-14)7-11(12)13/h3-4,7,14H,1,5-6,8H2,2H3. The van der Waals surface area contributed by atoms with Crippen LogP contribution in [0.2, 0.25) is 0 Å². The zero-order valence-corrected chi connectivity index (χ0v) is 8.79. The molecule has 2 nitrogen and oxygen atoms in total.